The summed E-state index contributed by atoms with van der Waals surface area (Å²) in [5.41, 5.74) is 1.58. The minimum atomic E-state index is -0.0855. The first-order valence-corrected chi connectivity index (χ1v) is 4.62. The largest absolute Gasteiger partial charge is 0.497 e. The third kappa shape index (κ3) is 1.66. The minimum absolute atomic E-state index is 0.0855. The molecule has 78 valence electrons. The summed E-state index contributed by atoms with van der Waals surface area (Å²) in [7, 11) is 3.24. The fourth-order valence-electron chi connectivity index (χ4n) is 1.48. The second kappa shape index (κ2) is 3.65. The fourth-order valence-corrected chi connectivity index (χ4v) is 1.48. The lowest BCUT2D eigenvalue weighted by molar-refractivity contribution is 0.0963. The smallest absolute Gasteiger partial charge is 0.252 e. The minimum Gasteiger partial charge on any atom is -0.497 e. The molecule has 0 aliphatic heterocycles. The Hall–Kier alpha value is -1.97. The Morgan fingerprint density at radius 1 is 1.47 bits per heavy atom. The molecule has 1 amide bonds. The highest BCUT2D eigenvalue weighted by Crippen LogP contribution is 2.16. The summed E-state index contributed by atoms with van der Waals surface area (Å²) in [5, 5.41) is 2.59. The summed E-state index contributed by atoms with van der Waals surface area (Å²) in [6, 6.07) is 5.55. The average Bonchev–Trinajstić information content (AvgIpc) is 2.70. The normalized spacial score (nSPS) is 10.3. The molecule has 1 N–H and O–H groups in total. The van der Waals surface area contributed by atoms with Crippen molar-refractivity contribution in [3.63, 3.8) is 0 Å². The van der Waals surface area contributed by atoms with E-state index in [1.54, 1.807) is 20.4 Å². The number of carbonyl (C=O) groups is 1. The van der Waals surface area contributed by atoms with Crippen LogP contribution in [0.5, 0.6) is 5.75 Å². The number of methoxy groups -OCH3 is 1. The Kier molecular flexibility index (Phi) is 2.33. The number of nitrogens with one attached hydrogen (secondary N) is 1. The molecule has 2 heterocycles. The predicted molar refractivity (Wildman–Crippen MR) is 57.3 cm³/mol. The summed E-state index contributed by atoms with van der Waals surface area (Å²) >= 11 is 0. The van der Waals surface area contributed by atoms with Crippen LogP contribution < -0.4 is 10.1 Å². The van der Waals surface area contributed by atoms with E-state index in [0.29, 0.717) is 5.56 Å². The van der Waals surface area contributed by atoms with E-state index in [9.17, 15) is 4.79 Å². The number of amides is 1. The molecular weight excluding hydrogens is 192 g/mol. The highest BCUT2D eigenvalue weighted by molar-refractivity contribution is 5.95. The maximum absolute atomic E-state index is 11.4. The maximum atomic E-state index is 11.4. The number of nitrogens with zero attached hydrogens (tertiary/aromatic N) is 1. The van der Waals surface area contributed by atoms with E-state index in [4.69, 9.17) is 4.74 Å². The SMILES string of the molecule is CNC(=O)c1cc2cc(OC)ccn2c1. The molecule has 0 aliphatic rings. The van der Waals surface area contributed by atoms with Gasteiger partial charge in [-0.25, -0.2) is 0 Å². The lowest BCUT2D eigenvalue weighted by atomic mass is 10.3. The molecule has 0 saturated carbocycles. The summed E-state index contributed by atoms with van der Waals surface area (Å²) < 4.78 is 6.99. The zero-order valence-corrected chi connectivity index (χ0v) is 8.65. The topological polar surface area (TPSA) is 42.7 Å². The van der Waals surface area contributed by atoms with Crippen molar-refractivity contribution in [2.45, 2.75) is 0 Å². The number of hydrogen-bond donors (Lipinski definition) is 1. The first-order valence-electron chi connectivity index (χ1n) is 4.62. The molecule has 15 heavy (non-hydrogen) atoms. The molecule has 0 aliphatic carbocycles. The van der Waals surface area contributed by atoms with Gasteiger partial charge in [-0.1, -0.05) is 0 Å². The molecule has 0 bridgehead atoms. The molecule has 0 aromatic carbocycles. The number of ether oxygens (including phenoxy) is 1. The van der Waals surface area contributed by atoms with Crippen LogP contribution in [0.2, 0.25) is 0 Å². The number of hydrogen-bond acceptors (Lipinski definition) is 2. The Morgan fingerprint density at radius 2 is 2.27 bits per heavy atom. The summed E-state index contributed by atoms with van der Waals surface area (Å²) in [6.45, 7) is 0. The van der Waals surface area contributed by atoms with Crippen LogP contribution in [0.1, 0.15) is 10.4 Å². The first-order chi connectivity index (χ1) is 7.24. The zero-order chi connectivity index (χ0) is 10.8. The number of pyridine rings is 1. The van der Waals surface area contributed by atoms with Gasteiger partial charge in [0.1, 0.15) is 5.75 Å². The van der Waals surface area contributed by atoms with E-state index in [0.717, 1.165) is 11.3 Å². The standard InChI is InChI=1S/C11H12N2O2/c1-12-11(14)8-5-9-6-10(15-2)3-4-13(9)7-8/h3-7H,1-2H3,(H,12,14). The van der Waals surface area contributed by atoms with Gasteiger partial charge in [-0.15, -0.1) is 0 Å². The van der Waals surface area contributed by atoms with Gasteiger partial charge in [0, 0.05) is 31.0 Å². The van der Waals surface area contributed by atoms with Crippen LogP contribution in [0.15, 0.2) is 30.6 Å². The van der Waals surface area contributed by atoms with Crippen LogP contribution in [-0.4, -0.2) is 24.5 Å². The van der Waals surface area contributed by atoms with Crippen LogP contribution in [0.4, 0.5) is 0 Å². The molecule has 0 atom stereocenters. The van der Waals surface area contributed by atoms with Crippen LogP contribution in [0.25, 0.3) is 5.52 Å². The molecule has 0 spiro atoms. The van der Waals surface area contributed by atoms with Crippen LogP contribution >= 0.6 is 0 Å². The van der Waals surface area contributed by atoms with E-state index in [-0.39, 0.29) is 5.91 Å². The van der Waals surface area contributed by atoms with Crippen molar-refractivity contribution >= 4 is 11.4 Å². The molecule has 0 radical (unpaired) electrons. The molecule has 4 nitrogen and oxygen atoms in total. The molecule has 2 aromatic heterocycles. The van der Waals surface area contributed by atoms with Gasteiger partial charge < -0.3 is 14.5 Å². The first kappa shape index (κ1) is 9.58. The highest BCUT2D eigenvalue weighted by Gasteiger charge is 2.06. The predicted octanol–water partition coefficient (Wildman–Crippen LogP) is 1.31. The van der Waals surface area contributed by atoms with Gasteiger partial charge in [-0.3, -0.25) is 4.79 Å². The van der Waals surface area contributed by atoms with E-state index in [1.165, 1.54) is 0 Å². The number of fused-ring (bicyclic) bond motifs is 1. The summed E-state index contributed by atoms with van der Waals surface area (Å²) in [4.78, 5) is 11.4. The lowest BCUT2D eigenvalue weighted by Gasteiger charge is -1.99. The monoisotopic (exact) mass is 204 g/mol. The van der Waals surface area contributed by atoms with Crippen LogP contribution in [0.3, 0.4) is 0 Å². The third-order valence-electron chi connectivity index (χ3n) is 2.29. The van der Waals surface area contributed by atoms with Gasteiger partial charge in [0.05, 0.1) is 12.7 Å². The number of carbonyl (C=O) groups excluding carboxylic acids is 1. The maximum Gasteiger partial charge on any atom is 0.252 e. The fraction of sp³-hybridized carbons (Fsp3) is 0.182. The Labute approximate surface area is 87.5 Å². The van der Waals surface area contributed by atoms with E-state index >= 15 is 0 Å². The Balaban J connectivity index is 2.51. The van der Waals surface area contributed by atoms with Crippen molar-refractivity contribution < 1.29 is 9.53 Å². The van der Waals surface area contributed by atoms with Crippen molar-refractivity contribution in [3.05, 3.63) is 36.2 Å². The molecule has 4 heteroatoms. The lowest BCUT2D eigenvalue weighted by Crippen LogP contribution is -2.16. The zero-order valence-electron chi connectivity index (χ0n) is 8.65. The van der Waals surface area contributed by atoms with Gasteiger partial charge >= 0.3 is 0 Å². The second-order valence-corrected chi connectivity index (χ2v) is 3.21. The molecule has 0 saturated heterocycles. The number of rotatable bonds is 2. The molecule has 0 unspecified atom stereocenters. The van der Waals surface area contributed by atoms with Crippen molar-refractivity contribution in [1.29, 1.82) is 0 Å². The molecule has 2 rings (SSSR count). The van der Waals surface area contributed by atoms with Crippen LogP contribution in [-0.2, 0) is 0 Å². The Morgan fingerprint density at radius 3 is 2.93 bits per heavy atom. The quantitative estimate of drug-likeness (QED) is 0.801. The number of aromatic nitrogens is 1. The second-order valence-electron chi connectivity index (χ2n) is 3.21. The van der Waals surface area contributed by atoms with Gasteiger partial charge in [0.15, 0.2) is 0 Å². The highest BCUT2D eigenvalue weighted by atomic mass is 16.5. The molecule has 2 aromatic rings. The van der Waals surface area contributed by atoms with Gasteiger partial charge in [0.25, 0.3) is 5.91 Å². The Bertz CT molecular complexity index is 502. The van der Waals surface area contributed by atoms with Crippen molar-refractivity contribution in [2.24, 2.45) is 0 Å². The van der Waals surface area contributed by atoms with E-state index in [2.05, 4.69) is 5.32 Å². The summed E-state index contributed by atoms with van der Waals surface area (Å²) in [6.07, 6.45) is 3.65. The third-order valence-corrected chi connectivity index (χ3v) is 2.29. The van der Waals surface area contributed by atoms with Gasteiger partial charge in [-0.05, 0) is 12.1 Å². The molecular formula is C11H12N2O2. The van der Waals surface area contributed by atoms with E-state index < -0.39 is 0 Å². The van der Waals surface area contributed by atoms with Crippen molar-refractivity contribution in [1.82, 2.24) is 9.72 Å². The van der Waals surface area contributed by atoms with Gasteiger partial charge in [-0.2, -0.15) is 0 Å². The van der Waals surface area contributed by atoms with Crippen molar-refractivity contribution in [3.8, 4) is 5.75 Å². The summed E-state index contributed by atoms with van der Waals surface area (Å²) in [5.74, 6) is 0.696. The van der Waals surface area contributed by atoms with E-state index in [1.807, 2.05) is 28.8 Å². The van der Waals surface area contributed by atoms with Crippen LogP contribution in [0, 0.1) is 0 Å². The van der Waals surface area contributed by atoms with Gasteiger partial charge in [0.2, 0.25) is 0 Å². The molecule has 0 fully saturated rings. The average molecular weight is 204 g/mol. The van der Waals surface area contributed by atoms with Crippen molar-refractivity contribution in [2.75, 3.05) is 14.2 Å².